The lowest BCUT2D eigenvalue weighted by atomic mass is 10.1. The van der Waals surface area contributed by atoms with E-state index in [1.807, 2.05) is 49.5 Å². The number of ether oxygens (including phenoxy) is 1. The van der Waals surface area contributed by atoms with Crippen LogP contribution in [0.1, 0.15) is 17.2 Å². The third-order valence-corrected chi connectivity index (χ3v) is 3.47. The van der Waals surface area contributed by atoms with E-state index in [1.165, 1.54) is 0 Å². The third-order valence-electron chi connectivity index (χ3n) is 3.47. The molecule has 0 aliphatic rings. The molecule has 0 saturated heterocycles. The number of hydrogen-bond acceptors (Lipinski definition) is 4. The molecular weight excluding hydrogens is 264 g/mol. The van der Waals surface area contributed by atoms with E-state index in [0.717, 1.165) is 16.9 Å². The minimum atomic E-state index is -0.606. The highest BCUT2D eigenvalue weighted by Crippen LogP contribution is 2.23. The van der Waals surface area contributed by atoms with Gasteiger partial charge in [-0.05, 0) is 19.2 Å². The van der Waals surface area contributed by atoms with Gasteiger partial charge in [-0.25, -0.2) is 0 Å². The van der Waals surface area contributed by atoms with Crippen LogP contribution in [-0.4, -0.2) is 30.7 Å². The Hall–Kier alpha value is -2.04. The molecule has 0 spiro atoms. The quantitative estimate of drug-likeness (QED) is 0.801. The van der Waals surface area contributed by atoms with Crippen LogP contribution in [0.2, 0.25) is 0 Å². The summed E-state index contributed by atoms with van der Waals surface area (Å²) < 4.78 is 5.35. The summed E-state index contributed by atoms with van der Waals surface area (Å²) in [5.74, 6) is 0.859. The van der Waals surface area contributed by atoms with Crippen molar-refractivity contribution in [2.24, 2.45) is 0 Å². The number of benzene rings is 2. The molecule has 21 heavy (non-hydrogen) atoms. The second kappa shape index (κ2) is 7.11. The normalized spacial score (nSPS) is 12.4. The smallest absolute Gasteiger partial charge is 0.123 e. The molecule has 0 radical (unpaired) electrons. The molecule has 1 unspecified atom stereocenters. The van der Waals surface area contributed by atoms with E-state index in [-0.39, 0.29) is 0 Å². The van der Waals surface area contributed by atoms with Crippen molar-refractivity contribution in [3.63, 3.8) is 0 Å². The van der Waals surface area contributed by atoms with Gasteiger partial charge in [0.25, 0.3) is 0 Å². The fourth-order valence-corrected chi connectivity index (χ4v) is 2.40. The van der Waals surface area contributed by atoms with Crippen LogP contribution in [-0.2, 0) is 6.54 Å². The first-order valence-electron chi connectivity index (χ1n) is 6.94. The summed E-state index contributed by atoms with van der Waals surface area (Å²) in [6.45, 7) is 1.21. The monoisotopic (exact) mass is 286 g/mol. The molecule has 0 aliphatic carbocycles. The maximum absolute atomic E-state index is 10.3. The van der Waals surface area contributed by atoms with Crippen molar-refractivity contribution in [2.75, 3.05) is 26.4 Å². The first-order valence-corrected chi connectivity index (χ1v) is 6.94. The first kappa shape index (κ1) is 15.4. The summed E-state index contributed by atoms with van der Waals surface area (Å²) in [4.78, 5) is 2.05. The van der Waals surface area contributed by atoms with Crippen molar-refractivity contribution in [3.05, 3.63) is 59.7 Å². The highest BCUT2D eigenvalue weighted by molar-refractivity contribution is 5.47. The molecule has 0 saturated carbocycles. The number of para-hydroxylation sites is 2. The van der Waals surface area contributed by atoms with Gasteiger partial charge >= 0.3 is 0 Å². The summed E-state index contributed by atoms with van der Waals surface area (Å²) in [5, 5.41) is 10.3. The van der Waals surface area contributed by atoms with E-state index in [9.17, 15) is 5.11 Å². The molecule has 4 heteroatoms. The van der Waals surface area contributed by atoms with Crippen LogP contribution >= 0.6 is 0 Å². The highest BCUT2D eigenvalue weighted by Gasteiger charge is 2.14. The van der Waals surface area contributed by atoms with Crippen LogP contribution in [0.3, 0.4) is 0 Å². The molecule has 112 valence electrons. The lowest BCUT2D eigenvalue weighted by Gasteiger charge is -2.22. The molecule has 0 heterocycles. The molecule has 0 aromatic heterocycles. The van der Waals surface area contributed by atoms with Gasteiger partial charge in [0, 0.05) is 29.9 Å². The predicted octanol–water partition coefficient (Wildman–Crippen LogP) is 2.44. The van der Waals surface area contributed by atoms with Gasteiger partial charge in [-0.15, -0.1) is 0 Å². The van der Waals surface area contributed by atoms with Crippen LogP contribution in [0.5, 0.6) is 5.75 Å². The average Bonchev–Trinajstić information content (AvgIpc) is 2.48. The third kappa shape index (κ3) is 3.97. The first-order chi connectivity index (χ1) is 10.1. The van der Waals surface area contributed by atoms with Gasteiger partial charge in [0.2, 0.25) is 0 Å². The van der Waals surface area contributed by atoms with Crippen molar-refractivity contribution in [1.82, 2.24) is 4.90 Å². The number of hydrogen-bond donors (Lipinski definition) is 2. The molecule has 2 aromatic rings. The number of rotatable bonds is 6. The van der Waals surface area contributed by atoms with Gasteiger partial charge < -0.3 is 15.6 Å². The van der Waals surface area contributed by atoms with E-state index in [0.29, 0.717) is 18.8 Å². The van der Waals surface area contributed by atoms with E-state index >= 15 is 0 Å². The zero-order valence-electron chi connectivity index (χ0n) is 12.5. The maximum Gasteiger partial charge on any atom is 0.123 e. The number of nitrogen functional groups attached to an aromatic ring is 1. The van der Waals surface area contributed by atoms with Crippen molar-refractivity contribution >= 4 is 5.69 Å². The van der Waals surface area contributed by atoms with Gasteiger partial charge in [0.05, 0.1) is 13.2 Å². The van der Waals surface area contributed by atoms with Crippen molar-refractivity contribution in [3.8, 4) is 5.75 Å². The molecule has 2 aromatic carbocycles. The Morgan fingerprint density at radius 1 is 1.14 bits per heavy atom. The van der Waals surface area contributed by atoms with Gasteiger partial charge in [-0.3, -0.25) is 4.90 Å². The zero-order valence-corrected chi connectivity index (χ0v) is 12.5. The summed E-state index contributed by atoms with van der Waals surface area (Å²) in [7, 11) is 3.63. The molecule has 4 nitrogen and oxygen atoms in total. The Morgan fingerprint density at radius 3 is 2.52 bits per heavy atom. The minimum Gasteiger partial charge on any atom is -0.496 e. The fraction of sp³-hybridized carbons (Fsp3) is 0.294. The molecule has 3 N–H and O–H groups in total. The van der Waals surface area contributed by atoms with E-state index in [1.54, 1.807) is 13.2 Å². The van der Waals surface area contributed by atoms with E-state index < -0.39 is 6.10 Å². The van der Waals surface area contributed by atoms with Crippen LogP contribution < -0.4 is 10.5 Å². The van der Waals surface area contributed by atoms with Crippen molar-refractivity contribution in [2.45, 2.75) is 12.6 Å². The number of nitrogens with zero attached hydrogens (tertiary/aromatic N) is 1. The number of aliphatic hydroxyl groups is 1. The lowest BCUT2D eigenvalue weighted by Crippen LogP contribution is -2.24. The van der Waals surface area contributed by atoms with Gasteiger partial charge in [-0.2, -0.15) is 0 Å². The summed E-state index contributed by atoms with van der Waals surface area (Å²) in [5.41, 5.74) is 8.38. The van der Waals surface area contributed by atoms with Crippen LogP contribution in [0.25, 0.3) is 0 Å². The lowest BCUT2D eigenvalue weighted by molar-refractivity contribution is 0.124. The topological polar surface area (TPSA) is 58.7 Å². The number of methoxy groups -OCH3 is 1. The summed E-state index contributed by atoms with van der Waals surface area (Å²) >= 11 is 0. The SMILES string of the molecule is COc1ccccc1CN(C)CC(O)c1ccccc1N. The minimum absolute atomic E-state index is 0.506. The van der Waals surface area contributed by atoms with Crippen LogP contribution in [0.15, 0.2) is 48.5 Å². The number of aliphatic hydroxyl groups excluding tert-OH is 1. The Labute approximate surface area is 125 Å². The molecule has 0 amide bonds. The van der Waals surface area contributed by atoms with Gasteiger partial charge in [-0.1, -0.05) is 36.4 Å². The molecular formula is C17H22N2O2. The fourth-order valence-electron chi connectivity index (χ4n) is 2.40. The molecule has 1 atom stereocenters. The number of nitrogens with two attached hydrogens (primary N) is 1. The predicted molar refractivity (Wildman–Crippen MR) is 85.1 cm³/mol. The Kier molecular flexibility index (Phi) is 5.20. The van der Waals surface area contributed by atoms with Gasteiger partial charge in [0.1, 0.15) is 5.75 Å². The Morgan fingerprint density at radius 2 is 1.81 bits per heavy atom. The van der Waals surface area contributed by atoms with Crippen molar-refractivity contribution in [1.29, 1.82) is 0 Å². The van der Waals surface area contributed by atoms with E-state index in [4.69, 9.17) is 10.5 Å². The second-order valence-electron chi connectivity index (χ2n) is 5.15. The van der Waals surface area contributed by atoms with Crippen LogP contribution in [0, 0.1) is 0 Å². The standard InChI is InChI=1S/C17H22N2O2/c1-19(11-13-7-3-6-10-17(13)21-2)12-16(20)14-8-4-5-9-15(14)18/h3-10,16,20H,11-12,18H2,1-2H3. The number of anilines is 1. The highest BCUT2D eigenvalue weighted by atomic mass is 16.5. The average molecular weight is 286 g/mol. The molecule has 0 aliphatic heterocycles. The molecule has 2 rings (SSSR count). The van der Waals surface area contributed by atoms with Crippen molar-refractivity contribution < 1.29 is 9.84 Å². The Balaban J connectivity index is 2.01. The second-order valence-corrected chi connectivity index (χ2v) is 5.15. The van der Waals surface area contributed by atoms with E-state index in [2.05, 4.69) is 4.90 Å². The number of likely N-dealkylation sites (N-methyl/N-ethyl adjacent to an activating group) is 1. The van der Waals surface area contributed by atoms with Gasteiger partial charge in [0.15, 0.2) is 0 Å². The zero-order chi connectivity index (χ0) is 15.2. The van der Waals surface area contributed by atoms with Crippen LogP contribution in [0.4, 0.5) is 5.69 Å². The molecule has 0 bridgehead atoms. The molecule has 0 fully saturated rings. The maximum atomic E-state index is 10.3. The summed E-state index contributed by atoms with van der Waals surface area (Å²) in [6, 6.07) is 15.3. The summed E-state index contributed by atoms with van der Waals surface area (Å²) in [6.07, 6.45) is -0.606. The Bertz CT molecular complexity index is 587. The largest absolute Gasteiger partial charge is 0.496 e.